The van der Waals surface area contributed by atoms with Gasteiger partial charge in [-0.1, -0.05) is 32.4 Å². The molecule has 0 radical (unpaired) electrons. The molecule has 2 nitrogen and oxygen atoms in total. The highest BCUT2D eigenvalue weighted by atomic mass is 16.5. The largest absolute Gasteiger partial charge is 0.378 e. The summed E-state index contributed by atoms with van der Waals surface area (Å²) in [6, 6.07) is 0.582. The van der Waals surface area contributed by atoms with Gasteiger partial charge in [-0.25, -0.2) is 0 Å². The Morgan fingerprint density at radius 1 is 1.44 bits per heavy atom. The minimum absolute atomic E-state index is 0.488. The molecule has 0 amide bonds. The molecule has 4 unspecified atom stereocenters. The molecule has 0 aromatic rings. The van der Waals surface area contributed by atoms with Crippen molar-refractivity contribution >= 4 is 0 Å². The number of nitrogens with one attached hydrogen (secondary N) is 1. The summed E-state index contributed by atoms with van der Waals surface area (Å²) < 4.78 is 6.07. The number of hydrogen-bond acceptors (Lipinski definition) is 2. The van der Waals surface area contributed by atoms with Gasteiger partial charge in [0.1, 0.15) is 0 Å². The van der Waals surface area contributed by atoms with E-state index in [2.05, 4.69) is 39.1 Å². The maximum atomic E-state index is 6.07. The molecule has 2 heteroatoms. The summed E-state index contributed by atoms with van der Waals surface area (Å²) in [6.07, 6.45) is 6.71. The monoisotopic (exact) mass is 251 g/mol. The Balaban J connectivity index is 1.92. The number of ether oxygens (including phenoxy) is 1. The fourth-order valence-corrected chi connectivity index (χ4v) is 3.63. The van der Waals surface area contributed by atoms with E-state index in [0.717, 1.165) is 30.9 Å². The first-order valence-electron chi connectivity index (χ1n) is 7.58. The minimum atomic E-state index is 0.488. The van der Waals surface area contributed by atoms with Crippen LogP contribution in [0.2, 0.25) is 0 Å². The van der Waals surface area contributed by atoms with Crippen molar-refractivity contribution in [3.63, 3.8) is 0 Å². The molecule has 4 atom stereocenters. The van der Waals surface area contributed by atoms with E-state index in [1.54, 1.807) is 5.57 Å². The van der Waals surface area contributed by atoms with Crippen molar-refractivity contribution < 1.29 is 4.74 Å². The van der Waals surface area contributed by atoms with Crippen molar-refractivity contribution in [3.05, 3.63) is 11.6 Å². The summed E-state index contributed by atoms with van der Waals surface area (Å²) in [5.74, 6) is 2.19. The highest BCUT2D eigenvalue weighted by Crippen LogP contribution is 2.37. The lowest BCUT2D eigenvalue weighted by Crippen LogP contribution is -2.37. The summed E-state index contributed by atoms with van der Waals surface area (Å²) in [5.41, 5.74) is 1.56. The lowest BCUT2D eigenvalue weighted by molar-refractivity contribution is 0.0319. The molecule has 1 N–H and O–H groups in total. The molecule has 0 bridgehead atoms. The van der Waals surface area contributed by atoms with E-state index in [4.69, 9.17) is 4.74 Å². The molecule has 18 heavy (non-hydrogen) atoms. The summed E-state index contributed by atoms with van der Waals surface area (Å²) in [7, 11) is 0. The second kappa shape index (κ2) is 6.21. The molecular weight excluding hydrogens is 222 g/mol. The van der Waals surface area contributed by atoms with E-state index in [1.165, 1.54) is 19.3 Å². The van der Waals surface area contributed by atoms with E-state index >= 15 is 0 Å². The van der Waals surface area contributed by atoms with Crippen molar-refractivity contribution in [3.8, 4) is 0 Å². The molecule has 2 aliphatic rings. The van der Waals surface area contributed by atoms with Crippen molar-refractivity contribution in [2.24, 2.45) is 17.8 Å². The van der Waals surface area contributed by atoms with Crippen LogP contribution in [0.25, 0.3) is 0 Å². The lowest BCUT2D eigenvalue weighted by Gasteiger charge is -2.33. The van der Waals surface area contributed by atoms with Gasteiger partial charge in [-0.05, 0) is 38.0 Å². The van der Waals surface area contributed by atoms with E-state index in [1.807, 2.05) is 0 Å². The Hall–Kier alpha value is -0.340. The Kier molecular flexibility index (Phi) is 4.85. The van der Waals surface area contributed by atoms with Crippen LogP contribution in [0.15, 0.2) is 11.6 Å². The van der Waals surface area contributed by atoms with Crippen LogP contribution in [0.3, 0.4) is 0 Å². The van der Waals surface area contributed by atoms with Crippen LogP contribution in [0, 0.1) is 17.8 Å². The zero-order valence-corrected chi connectivity index (χ0v) is 12.4. The van der Waals surface area contributed by atoms with Gasteiger partial charge < -0.3 is 10.1 Å². The highest BCUT2D eigenvalue weighted by Gasteiger charge is 2.36. The molecule has 0 aromatic heterocycles. The Morgan fingerprint density at radius 2 is 2.22 bits per heavy atom. The van der Waals surface area contributed by atoms with Gasteiger partial charge in [0.25, 0.3) is 0 Å². The van der Waals surface area contributed by atoms with Gasteiger partial charge >= 0.3 is 0 Å². The van der Waals surface area contributed by atoms with Crippen molar-refractivity contribution in [1.29, 1.82) is 0 Å². The van der Waals surface area contributed by atoms with E-state index in [9.17, 15) is 0 Å². The standard InChI is InChI=1S/C16H29NO/c1-11(2)17-10-14-5-6-18-16(14)15-8-12(3)7-13(4)9-15/h7,11-12,14-17H,5-6,8-10H2,1-4H3. The minimum Gasteiger partial charge on any atom is -0.378 e. The van der Waals surface area contributed by atoms with Crippen LogP contribution in [0.1, 0.15) is 47.0 Å². The van der Waals surface area contributed by atoms with Crippen molar-refractivity contribution in [2.45, 2.75) is 59.1 Å². The second-order valence-electron chi connectivity index (χ2n) is 6.64. The lowest BCUT2D eigenvalue weighted by atomic mass is 9.77. The van der Waals surface area contributed by atoms with Gasteiger partial charge in [-0.2, -0.15) is 0 Å². The molecule has 1 heterocycles. The van der Waals surface area contributed by atoms with Gasteiger partial charge in [0.2, 0.25) is 0 Å². The highest BCUT2D eigenvalue weighted by molar-refractivity contribution is 5.08. The maximum Gasteiger partial charge on any atom is 0.0647 e. The number of allylic oxidation sites excluding steroid dienone is 2. The first kappa shape index (κ1) is 14.1. The first-order chi connectivity index (χ1) is 8.56. The van der Waals surface area contributed by atoms with Gasteiger partial charge in [-0.15, -0.1) is 0 Å². The average molecular weight is 251 g/mol. The zero-order chi connectivity index (χ0) is 13.1. The molecule has 1 fully saturated rings. The molecule has 1 aliphatic heterocycles. The van der Waals surface area contributed by atoms with Gasteiger partial charge in [0.05, 0.1) is 6.10 Å². The predicted molar refractivity (Wildman–Crippen MR) is 76.6 cm³/mol. The fraction of sp³-hybridized carbons (Fsp3) is 0.875. The van der Waals surface area contributed by atoms with Crippen LogP contribution in [-0.4, -0.2) is 25.3 Å². The molecule has 0 spiro atoms. The molecule has 104 valence electrons. The third kappa shape index (κ3) is 3.58. The maximum absolute atomic E-state index is 6.07. The Labute approximate surface area is 112 Å². The SMILES string of the molecule is CC1=CC(C)CC(C2OCCC2CNC(C)C)C1. The fourth-order valence-electron chi connectivity index (χ4n) is 3.63. The molecule has 1 saturated heterocycles. The van der Waals surface area contributed by atoms with Crippen LogP contribution in [0.4, 0.5) is 0 Å². The summed E-state index contributed by atoms with van der Waals surface area (Å²) >= 11 is 0. The van der Waals surface area contributed by atoms with Crippen molar-refractivity contribution in [1.82, 2.24) is 5.32 Å². The van der Waals surface area contributed by atoms with Gasteiger partial charge in [-0.3, -0.25) is 0 Å². The quantitative estimate of drug-likeness (QED) is 0.773. The van der Waals surface area contributed by atoms with Crippen LogP contribution >= 0.6 is 0 Å². The summed E-state index contributed by atoms with van der Waals surface area (Å²) in [5, 5.41) is 3.58. The van der Waals surface area contributed by atoms with Gasteiger partial charge in [0, 0.05) is 25.1 Å². The second-order valence-corrected chi connectivity index (χ2v) is 6.64. The summed E-state index contributed by atoms with van der Waals surface area (Å²) in [4.78, 5) is 0. The van der Waals surface area contributed by atoms with Crippen molar-refractivity contribution in [2.75, 3.05) is 13.2 Å². The number of rotatable bonds is 4. The van der Waals surface area contributed by atoms with Crippen LogP contribution in [0.5, 0.6) is 0 Å². The third-order valence-electron chi connectivity index (χ3n) is 4.34. The number of hydrogen-bond donors (Lipinski definition) is 1. The molecule has 0 saturated carbocycles. The zero-order valence-electron chi connectivity index (χ0n) is 12.4. The first-order valence-corrected chi connectivity index (χ1v) is 7.58. The smallest absolute Gasteiger partial charge is 0.0647 e. The molecule has 2 rings (SSSR count). The Bertz CT molecular complexity index is 297. The average Bonchev–Trinajstić information content (AvgIpc) is 2.72. The topological polar surface area (TPSA) is 21.3 Å². The van der Waals surface area contributed by atoms with E-state index < -0.39 is 0 Å². The van der Waals surface area contributed by atoms with Crippen LogP contribution in [-0.2, 0) is 4.74 Å². The molecular formula is C16H29NO. The third-order valence-corrected chi connectivity index (χ3v) is 4.34. The predicted octanol–water partition coefficient (Wildman–Crippen LogP) is 3.38. The van der Waals surface area contributed by atoms with Gasteiger partial charge in [0.15, 0.2) is 0 Å². The molecule has 1 aliphatic carbocycles. The van der Waals surface area contributed by atoms with E-state index in [0.29, 0.717) is 12.1 Å². The normalized spacial score (nSPS) is 37.1. The molecule has 0 aromatic carbocycles. The summed E-state index contributed by atoms with van der Waals surface area (Å²) in [6.45, 7) is 11.1. The van der Waals surface area contributed by atoms with E-state index in [-0.39, 0.29) is 0 Å². The van der Waals surface area contributed by atoms with Crippen LogP contribution < -0.4 is 5.32 Å². The Morgan fingerprint density at radius 3 is 2.89 bits per heavy atom.